The van der Waals surface area contributed by atoms with Gasteiger partial charge in [0.1, 0.15) is 5.41 Å². The van der Waals surface area contributed by atoms with Gasteiger partial charge in [-0.15, -0.1) is 0 Å². The normalized spacial score (nSPS) is 21.8. The summed E-state index contributed by atoms with van der Waals surface area (Å²) in [7, 11) is 0. The molecule has 2 aromatic rings. The number of ether oxygens (including phenoxy) is 1. The van der Waals surface area contributed by atoms with Crippen LogP contribution in [0.5, 0.6) is 0 Å². The molecule has 2 fully saturated rings. The van der Waals surface area contributed by atoms with E-state index >= 15 is 0 Å². The molecule has 156 valence electrons. The third kappa shape index (κ3) is 3.96. The molecule has 0 spiro atoms. The van der Waals surface area contributed by atoms with E-state index in [1.807, 2.05) is 17.0 Å². The Kier molecular flexibility index (Phi) is 7.09. The van der Waals surface area contributed by atoms with Gasteiger partial charge in [-0.3, -0.25) is 9.69 Å². The number of hydrogen-bond donors (Lipinski definition) is 0. The predicted octanol–water partition coefficient (Wildman–Crippen LogP) is 3.81. The number of hydrogen-bond acceptors (Lipinski definition) is 3. The van der Waals surface area contributed by atoms with Crippen LogP contribution < -0.4 is 0 Å². The number of amides is 1. The molecule has 2 aromatic carbocycles. The summed E-state index contributed by atoms with van der Waals surface area (Å²) in [5.41, 5.74) is 1.65. The monoisotopic (exact) mass is 394 g/mol. The molecule has 1 atom stereocenters. The second-order valence-corrected chi connectivity index (χ2v) is 7.82. The van der Waals surface area contributed by atoms with Gasteiger partial charge in [0.2, 0.25) is 5.91 Å². The molecule has 2 saturated heterocycles. The summed E-state index contributed by atoms with van der Waals surface area (Å²) in [5.74, 6) is 0.506. The molecule has 0 aliphatic carbocycles. The van der Waals surface area contributed by atoms with E-state index in [0.717, 1.165) is 63.5 Å². The standard InChI is InChI=1S/C24H30N2O2.CH4/c1-2-26-19-22(13-14-25-15-17-28-18-16-25)24(23(26)27,20-9-5-3-6-10-20)21-11-7-4-8-12-21;/h3-12,22H,2,13-19H2,1H3;1H4. The van der Waals surface area contributed by atoms with E-state index in [4.69, 9.17) is 4.74 Å². The summed E-state index contributed by atoms with van der Waals surface area (Å²) in [4.78, 5) is 18.3. The van der Waals surface area contributed by atoms with Crippen LogP contribution in [0.2, 0.25) is 0 Å². The first kappa shape index (κ1) is 21.5. The lowest BCUT2D eigenvalue weighted by Crippen LogP contribution is -2.43. The maximum atomic E-state index is 13.8. The minimum atomic E-state index is -0.592. The lowest BCUT2D eigenvalue weighted by Gasteiger charge is -2.36. The van der Waals surface area contributed by atoms with Crippen LogP contribution in [0.15, 0.2) is 60.7 Å². The fraction of sp³-hybridized carbons (Fsp3) is 0.480. The molecule has 4 heteroatoms. The van der Waals surface area contributed by atoms with Crippen LogP contribution in [0.3, 0.4) is 0 Å². The van der Waals surface area contributed by atoms with Crippen molar-refractivity contribution in [3.63, 3.8) is 0 Å². The minimum Gasteiger partial charge on any atom is -0.379 e. The van der Waals surface area contributed by atoms with Crippen molar-refractivity contribution in [2.24, 2.45) is 5.92 Å². The van der Waals surface area contributed by atoms with Gasteiger partial charge in [-0.05, 0) is 31.0 Å². The molecule has 0 N–H and O–H groups in total. The number of morpholine rings is 1. The van der Waals surface area contributed by atoms with Crippen LogP contribution >= 0.6 is 0 Å². The van der Waals surface area contributed by atoms with Gasteiger partial charge < -0.3 is 9.64 Å². The summed E-state index contributed by atoms with van der Waals surface area (Å²) in [6.07, 6.45) is 1.01. The zero-order valence-corrected chi connectivity index (χ0v) is 16.7. The SMILES string of the molecule is C.CCN1CC(CCN2CCOCC2)C(c2ccccc2)(c2ccccc2)C1=O. The van der Waals surface area contributed by atoms with Crippen molar-refractivity contribution in [2.75, 3.05) is 45.9 Å². The molecule has 0 aromatic heterocycles. The molecular formula is C25H34N2O2. The first-order valence-electron chi connectivity index (χ1n) is 10.5. The molecule has 1 unspecified atom stereocenters. The Morgan fingerprint density at radius 2 is 1.52 bits per heavy atom. The average Bonchev–Trinajstić information content (AvgIpc) is 3.06. The zero-order chi connectivity index (χ0) is 19.4. The topological polar surface area (TPSA) is 32.8 Å². The first-order valence-corrected chi connectivity index (χ1v) is 10.5. The van der Waals surface area contributed by atoms with Crippen molar-refractivity contribution in [3.05, 3.63) is 71.8 Å². The highest BCUT2D eigenvalue weighted by Crippen LogP contribution is 2.47. The molecule has 4 rings (SSSR count). The van der Waals surface area contributed by atoms with Gasteiger partial charge in [0.25, 0.3) is 0 Å². The van der Waals surface area contributed by atoms with E-state index in [2.05, 4.69) is 60.4 Å². The predicted molar refractivity (Wildman–Crippen MR) is 118 cm³/mol. The first-order chi connectivity index (χ1) is 13.8. The van der Waals surface area contributed by atoms with Crippen LogP contribution in [-0.4, -0.2) is 61.6 Å². The maximum Gasteiger partial charge on any atom is 0.238 e. The zero-order valence-electron chi connectivity index (χ0n) is 16.7. The fourth-order valence-electron chi connectivity index (χ4n) is 4.94. The van der Waals surface area contributed by atoms with Crippen molar-refractivity contribution in [1.29, 1.82) is 0 Å². The van der Waals surface area contributed by atoms with Crippen molar-refractivity contribution in [2.45, 2.75) is 26.2 Å². The van der Waals surface area contributed by atoms with Crippen LogP contribution in [0.25, 0.3) is 0 Å². The van der Waals surface area contributed by atoms with E-state index in [0.29, 0.717) is 0 Å². The van der Waals surface area contributed by atoms with Gasteiger partial charge in [-0.1, -0.05) is 68.1 Å². The molecule has 4 nitrogen and oxygen atoms in total. The smallest absolute Gasteiger partial charge is 0.238 e. The molecule has 0 radical (unpaired) electrons. The van der Waals surface area contributed by atoms with E-state index in [-0.39, 0.29) is 19.3 Å². The number of benzene rings is 2. The van der Waals surface area contributed by atoms with Crippen LogP contribution in [0.4, 0.5) is 0 Å². The van der Waals surface area contributed by atoms with Gasteiger partial charge in [0, 0.05) is 32.1 Å². The summed E-state index contributed by atoms with van der Waals surface area (Å²) in [6.45, 7) is 8.28. The van der Waals surface area contributed by atoms with Crippen molar-refractivity contribution < 1.29 is 9.53 Å². The molecule has 2 aliphatic rings. The lowest BCUT2D eigenvalue weighted by molar-refractivity contribution is -0.131. The average molecular weight is 395 g/mol. The van der Waals surface area contributed by atoms with Gasteiger partial charge in [-0.2, -0.15) is 0 Å². The fourth-order valence-corrected chi connectivity index (χ4v) is 4.94. The summed E-state index contributed by atoms with van der Waals surface area (Å²) in [6, 6.07) is 20.8. The Morgan fingerprint density at radius 3 is 2.03 bits per heavy atom. The lowest BCUT2D eigenvalue weighted by atomic mass is 9.66. The molecule has 2 aliphatic heterocycles. The van der Waals surface area contributed by atoms with Gasteiger partial charge in [-0.25, -0.2) is 0 Å². The summed E-state index contributed by atoms with van der Waals surface area (Å²) < 4.78 is 5.50. The maximum absolute atomic E-state index is 13.8. The second-order valence-electron chi connectivity index (χ2n) is 7.82. The molecule has 29 heavy (non-hydrogen) atoms. The van der Waals surface area contributed by atoms with Crippen LogP contribution in [0.1, 0.15) is 31.9 Å². The Balaban J connectivity index is 0.00000240. The Labute approximate surface area is 175 Å². The quantitative estimate of drug-likeness (QED) is 0.747. The number of nitrogens with zero attached hydrogens (tertiary/aromatic N) is 2. The molecule has 0 saturated carbocycles. The van der Waals surface area contributed by atoms with E-state index in [1.165, 1.54) is 0 Å². The largest absolute Gasteiger partial charge is 0.379 e. The number of carbonyl (C=O) groups excluding carboxylic acids is 1. The van der Waals surface area contributed by atoms with Crippen molar-refractivity contribution in [3.8, 4) is 0 Å². The number of likely N-dealkylation sites (N-methyl/N-ethyl adjacent to an activating group) is 1. The van der Waals surface area contributed by atoms with Gasteiger partial charge >= 0.3 is 0 Å². The Morgan fingerprint density at radius 1 is 0.966 bits per heavy atom. The highest BCUT2D eigenvalue weighted by Gasteiger charge is 2.55. The van der Waals surface area contributed by atoms with Crippen LogP contribution in [-0.2, 0) is 14.9 Å². The highest BCUT2D eigenvalue weighted by atomic mass is 16.5. The second kappa shape index (κ2) is 9.55. The highest BCUT2D eigenvalue weighted by molar-refractivity contribution is 5.94. The third-order valence-electron chi connectivity index (χ3n) is 6.42. The molecule has 1 amide bonds. The summed E-state index contributed by atoms with van der Waals surface area (Å²) >= 11 is 0. The van der Waals surface area contributed by atoms with E-state index < -0.39 is 5.41 Å². The van der Waals surface area contributed by atoms with Gasteiger partial charge in [0.15, 0.2) is 0 Å². The Hall–Kier alpha value is -2.17. The van der Waals surface area contributed by atoms with Gasteiger partial charge in [0.05, 0.1) is 13.2 Å². The number of likely N-dealkylation sites (tertiary alicyclic amines) is 1. The van der Waals surface area contributed by atoms with Crippen molar-refractivity contribution >= 4 is 5.91 Å². The minimum absolute atomic E-state index is 0. The van der Waals surface area contributed by atoms with Crippen LogP contribution in [0, 0.1) is 5.92 Å². The number of rotatable bonds is 6. The molecule has 0 bridgehead atoms. The number of carbonyl (C=O) groups is 1. The Bertz CT molecular complexity index is 732. The van der Waals surface area contributed by atoms with Crippen molar-refractivity contribution in [1.82, 2.24) is 9.80 Å². The molecular weight excluding hydrogens is 360 g/mol. The molecule has 2 heterocycles. The third-order valence-corrected chi connectivity index (χ3v) is 6.42. The van der Waals surface area contributed by atoms with E-state index in [9.17, 15) is 4.79 Å². The summed E-state index contributed by atoms with van der Waals surface area (Å²) in [5, 5.41) is 0. The van der Waals surface area contributed by atoms with E-state index in [1.54, 1.807) is 0 Å².